The molecule has 0 saturated carbocycles. The number of rotatable bonds is 10. The van der Waals surface area contributed by atoms with E-state index in [0.29, 0.717) is 33.6 Å². The first-order chi connectivity index (χ1) is 48.9. The average Bonchev–Trinajstić information content (AvgIpc) is 1.54. The molecule has 0 amide bonds. The van der Waals surface area contributed by atoms with E-state index in [1.807, 2.05) is 24.3 Å². The monoisotopic (exact) mass is 1280 g/mol. The molecule has 0 atom stereocenters. The van der Waals surface area contributed by atoms with Crippen LogP contribution >= 0.6 is 11.3 Å². The third-order valence-electron chi connectivity index (χ3n) is 18.5. The number of aromatic nitrogens is 6. The quantitative estimate of drug-likeness (QED) is 0.127. The fraction of sp³-hybridized carbons (Fsp3) is 0. The molecule has 0 unspecified atom stereocenters. The maximum absolute atomic E-state index is 10.7. The van der Waals surface area contributed by atoms with Crippen LogP contribution in [0, 0.1) is 68.0 Å². The molecule has 12 nitrogen and oxygen atoms in total. The summed E-state index contributed by atoms with van der Waals surface area (Å²) >= 11 is 1.69. The third kappa shape index (κ3) is 9.22. The molecule has 12 aromatic carbocycles. The Morgan fingerprint density at radius 2 is 0.566 bits per heavy atom. The van der Waals surface area contributed by atoms with E-state index in [9.17, 15) is 31.6 Å². The normalized spacial score (nSPS) is 11.2. The van der Waals surface area contributed by atoms with E-state index >= 15 is 0 Å². The van der Waals surface area contributed by atoms with Gasteiger partial charge in [0.15, 0.2) is 11.6 Å². The van der Waals surface area contributed by atoms with Gasteiger partial charge in [0, 0.05) is 89.6 Å². The molecule has 0 spiro atoms. The van der Waals surface area contributed by atoms with Crippen molar-refractivity contribution in [2.24, 2.45) is 0 Å². The highest BCUT2D eigenvalue weighted by Crippen LogP contribution is 2.60. The van der Waals surface area contributed by atoms with Crippen LogP contribution in [0.5, 0.6) is 0 Å². The number of para-hydroxylation sites is 4. The van der Waals surface area contributed by atoms with Crippen LogP contribution in [-0.2, 0) is 0 Å². The molecule has 99 heavy (non-hydrogen) atoms. The Bertz CT molecular complexity index is 6330. The van der Waals surface area contributed by atoms with Gasteiger partial charge in [-0.1, -0.05) is 194 Å². The highest BCUT2D eigenvalue weighted by atomic mass is 32.1. The summed E-state index contributed by atoms with van der Waals surface area (Å²) in [6.45, 7) is 0. The molecule has 13 heteroatoms. The number of nitriles is 6. The van der Waals surface area contributed by atoms with Crippen molar-refractivity contribution in [2.75, 3.05) is 0 Å². The highest BCUT2D eigenvalue weighted by Gasteiger charge is 2.36. The predicted molar refractivity (Wildman–Crippen MR) is 391 cm³/mol. The molecule has 0 saturated heterocycles. The summed E-state index contributed by atoms with van der Waals surface area (Å²) in [5.41, 5.74) is 16.0. The van der Waals surface area contributed by atoms with Crippen molar-refractivity contribution in [3.63, 3.8) is 0 Å². The van der Waals surface area contributed by atoms with Crippen molar-refractivity contribution < 1.29 is 0 Å². The molecule has 0 aliphatic rings. The zero-order valence-corrected chi connectivity index (χ0v) is 53.0. The Kier molecular flexibility index (Phi) is 14.1. The Hall–Kier alpha value is -14.4. The van der Waals surface area contributed by atoms with E-state index < -0.39 is 0 Å². The summed E-state index contributed by atoms with van der Waals surface area (Å²) in [7, 11) is 0. The lowest BCUT2D eigenvalue weighted by molar-refractivity contribution is 1.11. The van der Waals surface area contributed by atoms with Crippen LogP contribution < -0.4 is 0 Å². The topological polar surface area (TPSA) is 204 Å². The van der Waals surface area contributed by atoms with Crippen molar-refractivity contribution in [3.8, 4) is 137 Å². The molecule has 17 rings (SSSR count). The van der Waals surface area contributed by atoms with E-state index in [-0.39, 0.29) is 56.2 Å². The fourth-order valence-corrected chi connectivity index (χ4v) is 15.9. The number of benzene rings is 12. The summed E-state index contributed by atoms with van der Waals surface area (Å²) < 4.78 is 6.49. The zero-order valence-electron chi connectivity index (χ0n) is 52.2. The molecule has 17 aromatic rings. The molecule has 454 valence electrons. The summed E-state index contributed by atoms with van der Waals surface area (Å²) in [5, 5.41) is 68.8. The van der Waals surface area contributed by atoms with Crippen LogP contribution in [0.15, 0.2) is 267 Å². The summed E-state index contributed by atoms with van der Waals surface area (Å²) in [6, 6.07) is 95.1. The van der Waals surface area contributed by atoms with Crippen molar-refractivity contribution >= 4 is 75.1 Å². The SMILES string of the molecule is N#Cc1cc(C#N)c(-c2cnc(-c3c(-c4ncc(-c5c(C#N)cc(C#N)cc5C#N)cn4)c(-n4c5ccccc5c5ccccc54)c4c(sc5c(-c6ccccc6)c(-c6ccccc6)c(-c6ccccc6)c(-c6ccccc6)c54)c3-n3c4ccccc4c4ccccc43)nc2)c(C#N)c1. The van der Waals surface area contributed by atoms with Gasteiger partial charge in [0.2, 0.25) is 0 Å². The second-order valence-electron chi connectivity index (χ2n) is 23.8. The number of hydrogen-bond donors (Lipinski definition) is 0. The summed E-state index contributed by atoms with van der Waals surface area (Å²) in [5.74, 6) is 0.462. The van der Waals surface area contributed by atoms with Gasteiger partial charge in [0.1, 0.15) is 0 Å². The zero-order chi connectivity index (χ0) is 66.8. The van der Waals surface area contributed by atoms with Crippen LogP contribution in [-0.4, -0.2) is 29.1 Å². The maximum atomic E-state index is 10.7. The third-order valence-corrected chi connectivity index (χ3v) is 19.7. The lowest BCUT2D eigenvalue weighted by atomic mass is 9.80. The summed E-state index contributed by atoms with van der Waals surface area (Å²) in [6.07, 6.45) is 6.51. The number of hydrogen-bond acceptors (Lipinski definition) is 11. The smallest absolute Gasteiger partial charge is 0.162 e. The molecule has 0 fully saturated rings. The molecule has 0 aliphatic carbocycles. The largest absolute Gasteiger partial charge is 0.308 e. The Morgan fingerprint density at radius 1 is 0.263 bits per heavy atom. The molecular weight excluding hydrogens is 1230 g/mol. The van der Waals surface area contributed by atoms with Gasteiger partial charge < -0.3 is 9.13 Å². The fourth-order valence-electron chi connectivity index (χ4n) is 14.5. The Morgan fingerprint density at radius 3 is 0.919 bits per heavy atom. The first-order valence-corrected chi connectivity index (χ1v) is 32.5. The number of nitrogens with zero attached hydrogens (tertiary/aromatic N) is 12. The first-order valence-electron chi connectivity index (χ1n) is 31.7. The first kappa shape index (κ1) is 58.4. The van der Waals surface area contributed by atoms with Gasteiger partial charge in [-0.3, -0.25) is 0 Å². The van der Waals surface area contributed by atoms with E-state index in [2.05, 4.69) is 240 Å². The lowest BCUT2D eigenvalue weighted by Gasteiger charge is -2.25. The number of thiophene rings is 1. The van der Waals surface area contributed by atoms with Crippen molar-refractivity contribution in [2.45, 2.75) is 0 Å². The van der Waals surface area contributed by atoms with Gasteiger partial charge >= 0.3 is 0 Å². The minimum atomic E-state index is 0.107. The molecular formula is C86H44N12S. The molecule has 5 heterocycles. The van der Waals surface area contributed by atoms with Gasteiger partial charge in [0.25, 0.3) is 0 Å². The standard InChI is InChI=1S/C86H44N12S/c87-41-51-37-57(43-89)71(58(38-51)44-90)61-47-93-85(94-48-61)79-80(86-95-49-62(50-96-86)72-59(45-91)39-52(42-88)40-60(72)46-92)82(98-69-35-19-15-31-65(69)66-32-16-20-36-70(66)98)84-78(81(79)97-67-33-17-13-29-63(67)64-30-14-18-34-68(64)97)77-75(55-25-9-3-10-26-55)73(53-21-5-1-6-22-53)74(54-23-7-2-8-24-54)76(83(77)99-84)56-27-11-4-12-28-56/h1-40,47-50H. The minimum absolute atomic E-state index is 0.107. The lowest BCUT2D eigenvalue weighted by Crippen LogP contribution is -2.09. The van der Waals surface area contributed by atoms with E-state index in [1.54, 1.807) is 36.1 Å². The van der Waals surface area contributed by atoms with Crippen LogP contribution in [0.3, 0.4) is 0 Å². The van der Waals surface area contributed by atoms with Gasteiger partial charge in [0.05, 0.1) is 119 Å². The summed E-state index contributed by atoms with van der Waals surface area (Å²) in [4.78, 5) is 21.8. The average molecular weight is 1280 g/mol. The van der Waals surface area contributed by atoms with E-state index in [4.69, 9.17) is 19.9 Å². The second-order valence-corrected chi connectivity index (χ2v) is 24.8. The van der Waals surface area contributed by atoms with Crippen molar-refractivity contribution in [1.29, 1.82) is 31.6 Å². The van der Waals surface area contributed by atoms with Crippen molar-refractivity contribution in [3.05, 3.63) is 301 Å². The van der Waals surface area contributed by atoms with E-state index in [1.165, 1.54) is 24.3 Å². The molecule has 0 N–H and O–H groups in total. The predicted octanol–water partition coefficient (Wildman–Crippen LogP) is 20.4. The molecule has 0 bridgehead atoms. The van der Waals surface area contributed by atoms with Gasteiger partial charge in [-0.2, -0.15) is 31.6 Å². The van der Waals surface area contributed by atoms with Crippen molar-refractivity contribution in [1.82, 2.24) is 29.1 Å². The molecule has 0 aliphatic heterocycles. The van der Waals surface area contributed by atoms with Gasteiger partial charge in [-0.05, 0) is 87.5 Å². The maximum Gasteiger partial charge on any atom is 0.162 e. The Labute approximate surface area is 570 Å². The van der Waals surface area contributed by atoms with E-state index in [0.717, 1.165) is 108 Å². The van der Waals surface area contributed by atoms with Gasteiger partial charge in [-0.15, -0.1) is 11.3 Å². The van der Waals surface area contributed by atoms with Crippen LogP contribution in [0.4, 0.5) is 0 Å². The second kappa shape index (κ2) is 23.8. The van der Waals surface area contributed by atoms with Gasteiger partial charge in [-0.25, -0.2) is 19.9 Å². The minimum Gasteiger partial charge on any atom is -0.308 e. The molecule has 5 aromatic heterocycles. The number of fused-ring (bicyclic) bond motifs is 9. The van der Waals surface area contributed by atoms with Crippen LogP contribution in [0.25, 0.3) is 165 Å². The van der Waals surface area contributed by atoms with Crippen LogP contribution in [0.1, 0.15) is 33.4 Å². The highest BCUT2D eigenvalue weighted by molar-refractivity contribution is 7.27. The Balaban J connectivity index is 1.19. The van der Waals surface area contributed by atoms with Crippen LogP contribution in [0.2, 0.25) is 0 Å². The molecule has 0 radical (unpaired) electrons.